The maximum absolute atomic E-state index is 10.1. The van der Waals surface area contributed by atoms with Gasteiger partial charge < -0.3 is 5.11 Å². The molecule has 1 heterocycles. The van der Waals surface area contributed by atoms with Gasteiger partial charge in [-0.05, 0) is 40.8 Å². The van der Waals surface area contributed by atoms with E-state index in [1.165, 1.54) is 11.6 Å². The number of pyridine rings is 1. The largest absolute Gasteiger partial charge is 0.504 e. The minimum Gasteiger partial charge on any atom is -0.504 e. The molecule has 0 bridgehead atoms. The number of hydrogen-bond acceptors (Lipinski definition) is 2. The van der Waals surface area contributed by atoms with E-state index in [1.54, 1.807) is 0 Å². The van der Waals surface area contributed by atoms with Crippen LogP contribution in [0.1, 0.15) is 37.6 Å². The fraction of sp³-hybridized carbons (Fsp3) is 0.190. The molecule has 0 aliphatic heterocycles. The molecule has 0 unspecified atom stereocenters. The van der Waals surface area contributed by atoms with Crippen LogP contribution in [-0.4, -0.2) is 10.1 Å². The smallest absolute Gasteiger partial charge is 0.160 e. The fourth-order valence-electron chi connectivity index (χ4n) is 2.59. The third kappa shape index (κ3) is 3.81. The van der Waals surface area contributed by atoms with Crippen LogP contribution in [0, 0.1) is 0 Å². The van der Waals surface area contributed by atoms with Crippen molar-refractivity contribution < 1.29 is 5.11 Å². The Kier molecular flexibility index (Phi) is 4.77. The van der Waals surface area contributed by atoms with Crippen LogP contribution < -0.4 is 0 Å². The number of phenols is 1. The Hall–Kier alpha value is -2.03. The van der Waals surface area contributed by atoms with Crippen molar-refractivity contribution in [2.45, 2.75) is 26.2 Å². The Bertz CT molecular complexity index is 954. The Morgan fingerprint density at radius 3 is 2.24 bits per heavy atom. The summed E-state index contributed by atoms with van der Waals surface area (Å²) in [7, 11) is 0. The Morgan fingerprint density at radius 1 is 0.920 bits per heavy atom. The molecule has 2 nitrogen and oxygen atoms in total. The molecule has 3 aromatic rings. The number of aromatic nitrogens is 1. The number of fused-ring (bicyclic) bond motifs is 1. The number of aromatic hydroxyl groups is 1. The highest BCUT2D eigenvalue weighted by Gasteiger charge is 2.12. The van der Waals surface area contributed by atoms with E-state index in [4.69, 9.17) is 23.2 Å². The van der Waals surface area contributed by atoms with Crippen LogP contribution >= 0.6 is 23.2 Å². The molecule has 0 saturated carbocycles. The second kappa shape index (κ2) is 6.70. The van der Waals surface area contributed by atoms with Gasteiger partial charge in [-0.3, -0.25) is 0 Å². The maximum atomic E-state index is 10.1. The SMILES string of the molecule is CC(C)(C)c1ccc(C=Cc2ccc3c(Cl)cc(Cl)c(O)c3n2)cc1. The van der Waals surface area contributed by atoms with Gasteiger partial charge in [0, 0.05) is 5.39 Å². The summed E-state index contributed by atoms with van der Waals surface area (Å²) in [6.45, 7) is 6.58. The predicted molar refractivity (Wildman–Crippen MR) is 107 cm³/mol. The van der Waals surface area contributed by atoms with Crippen LogP contribution in [0.3, 0.4) is 0 Å². The van der Waals surface area contributed by atoms with E-state index in [-0.39, 0.29) is 16.2 Å². The first-order valence-electron chi connectivity index (χ1n) is 8.02. The summed E-state index contributed by atoms with van der Waals surface area (Å²) in [6, 6.07) is 13.7. The molecular weight excluding hydrogens is 353 g/mol. The molecule has 1 aromatic heterocycles. The number of phenolic OH excluding ortho intramolecular Hbond substituents is 1. The topological polar surface area (TPSA) is 33.1 Å². The van der Waals surface area contributed by atoms with Crippen LogP contribution in [0.4, 0.5) is 0 Å². The lowest BCUT2D eigenvalue weighted by molar-refractivity contribution is 0.480. The minimum atomic E-state index is -0.0501. The third-order valence-electron chi connectivity index (χ3n) is 4.10. The van der Waals surface area contributed by atoms with Gasteiger partial charge >= 0.3 is 0 Å². The second-order valence-electron chi connectivity index (χ2n) is 7.03. The number of benzene rings is 2. The van der Waals surface area contributed by atoms with Crippen molar-refractivity contribution in [3.63, 3.8) is 0 Å². The zero-order chi connectivity index (χ0) is 18.2. The maximum Gasteiger partial charge on any atom is 0.160 e. The number of rotatable bonds is 2. The molecule has 0 aliphatic rings. The normalized spacial score (nSPS) is 12.2. The van der Waals surface area contributed by atoms with Crippen LogP contribution in [0.15, 0.2) is 42.5 Å². The number of halogens is 2. The van der Waals surface area contributed by atoms with Gasteiger partial charge in [0.15, 0.2) is 5.75 Å². The van der Waals surface area contributed by atoms with Crippen LogP contribution in [0.5, 0.6) is 5.75 Å². The van der Waals surface area contributed by atoms with Gasteiger partial charge in [-0.1, -0.05) is 74.3 Å². The Labute approximate surface area is 157 Å². The van der Waals surface area contributed by atoms with Crippen LogP contribution in [-0.2, 0) is 5.41 Å². The highest BCUT2D eigenvalue weighted by molar-refractivity contribution is 6.39. The van der Waals surface area contributed by atoms with Crippen molar-refractivity contribution in [1.29, 1.82) is 0 Å². The van der Waals surface area contributed by atoms with Crippen molar-refractivity contribution >= 4 is 46.3 Å². The van der Waals surface area contributed by atoms with Crippen molar-refractivity contribution in [3.05, 3.63) is 69.3 Å². The molecule has 0 atom stereocenters. The molecule has 0 fully saturated rings. The lowest BCUT2D eigenvalue weighted by Crippen LogP contribution is -2.10. The van der Waals surface area contributed by atoms with Gasteiger partial charge in [0.05, 0.1) is 15.7 Å². The van der Waals surface area contributed by atoms with Crippen LogP contribution in [0.2, 0.25) is 10.0 Å². The van der Waals surface area contributed by atoms with E-state index in [2.05, 4.69) is 50.0 Å². The van der Waals surface area contributed by atoms with Crippen molar-refractivity contribution in [1.82, 2.24) is 4.98 Å². The highest BCUT2D eigenvalue weighted by atomic mass is 35.5. The first-order valence-corrected chi connectivity index (χ1v) is 8.77. The molecule has 4 heteroatoms. The van der Waals surface area contributed by atoms with Gasteiger partial charge in [0.1, 0.15) is 5.52 Å². The molecular formula is C21H19Cl2NO. The lowest BCUT2D eigenvalue weighted by atomic mass is 9.87. The predicted octanol–water partition coefficient (Wildman–Crippen LogP) is 6.72. The highest BCUT2D eigenvalue weighted by Crippen LogP contribution is 2.36. The van der Waals surface area contributed by atoms with Crippen molar-refractivity contribution in [3.8, 4) is 5.75 Å². The fourth-order valence-corrected chi connectivity index (χ4v) is 3.10. The minimum absolute atomic E-state index is 0.0501. The Morgan fingerprint density at radius 2 is 1.60 bits per heavy atom. The summed E-state index contributed by atoms with van der Waals surface area (Å²) in [4.78, 5) is 4.46. The summed E-state index contributed by atoms with van der Waals surface area (Å²) >= 11 is 12.1. The molecule has 128 valence electrons. The second-order valence-corrected chi connectivity index (χ2v) is 7.84. The molecule has 1 N–H and O–H groups in total. The van der Waals surface area contributed by atoms with E-state index < -0.39 is 0 Å². The molecule has 3 rings (SSSR count). The summed E-state index contributed by atoms with van der Waals surface area (Å²) < 4.78 is 0. The first kappa shape index (κ1) is 17.8. The van der Waals surface area contributed by atoms with E-state index in [0.29, 0.717) is 15.9 Å². The summed E-state index contributed by atoms with van der Waals surface area (Å²) in [5, 5.41) is 11.5. The molecule has 0 aliphatic carbocycles. The summed E-state index contributed by atoms with van der Waals surface area (Å²) in [5.41, 5.74) is 3.65. The standard InChI is InChI=1S/C21H19Cl2NO/c1-21(2,3)14-7-4-13(5-8-14)6-9-15-10-11-16-17(22)12-18(23)20(25)19(16)24-15/h4-12,25H,1-3H3. The van der Waals surface area contributed by atoms with E-state index in [1.807, 2.05) is 24.3 Å². The van der Waals surface area contributed by atoms with Gasteiger partial charge in [-0.25, -0.2) is 4.98 Å². The molecule has 0 amide bonds. The van der Waals surface area contributed by atoms with E-state index >= 15 is 0 Å². The quantitative estimate of drug-likeness (QED) is 0.542. The van der Waals surface area contributed by atoms with Gasteiger partial charge in [0.25, 0.3) is 0 Å². The zero-order valence-electron chi connectivity index (χ0n) is 14.3. The van der Waals surface area contributed by atoms with E-state index in [9.17, 15) is 5.11 Å². The molecule has 2 aromatic carbocycles. The molecule has 0 radical (unpaired) electrons. The lowest BCUT2D eigenvalue weighted by Gasteiger charge is -2.18. The van der Waals surface area contributed by atoms with Crippen molar-refractivity contribution in [2.24, 2.45) is 0 Å². The monoisotopic (exact) mass is 371 g/mol. The zero-order valence-corrected chi connectivity index (χ0v) is 15.9. The Balaban J connectivity index is 1.92. The third-order valence-corrected chi connectivity index (χ3v) is 4.70. The first-order chi connectivity index (χ1) is 11.8. The summed E-state index contributed by atoms with van der Waals surface area (Å²) in [6.07, 6.45) is 3.89. The van der Waals surface area contributed by atoms with Crippen LogP contribution in [0.25, 0.3) is 23.1 Å². The molecule has 25 heavy (non-hydrogen) atoms. The van der Waals surface area contributed by atoms with Gasteiger partial charge in [0.2, 0.25) is 0 Å². The van der Waals surface area contributed by atoms with E-state index in [0.717, 1.165) is 11.3 Å². The molecule has 0 saturated heterocycles. The number of nitrogens with zero attached hydrogens (tertiary/aromatic N) is 1. The summed E-state index contributed by atoms with van der Waals surface area (Å²) in [5.74, 6) is -0.0501. The average molecular weight is 372 g/mol. The van der Waals surface area contributed by atoms with Crippen molar-refractivity contribution in [2.75, 3.05) is 0 Å². The number of hydrogen-bond donors (Lipinski definition) is 1. The van der Waals surface area contributed by atoms with Gasteiger partial charge in [-0.15, -0.1) is 0 Å². The molecule has 0 spiro atoms. The average Bonchev–Trinajstić information content (AvgIpc) is 2.57. The van der Waals surface area contributed by atoms with Gasteiger partial charge in [-0.2, -0.15) is 0 Å².